The van der Waals surface area contributed by atoms with Gasteiger partial charge >= 0.3 is 0 Å². The van der Waals surface area contributed by atoms with Gasteiger partial charge < -0.3 is 13.9 Å². The molecule has 7 nitrogen and oxygen atoms in total. The molecule has 200 valence electrons. The number of amides is 2. The van der Waals surface area contributed by atoms with Crippen LogP contribution < -0.4 is 5.32 Å². The van der Waals surface area contributed by atoms with E-state index in [1.807, 2.05) is 65.5 Å². The minimum absolute atomic E-state index is 0.123. The summed E-state index contributed by atoms with van der Waals surface area (Å²) < 4.78 is 38.3. The van der Waals surface area contributed by atoms with Crippen molar-refractivity contribution in [2.45, 2.75) is 38.0 Å². The van der Waals surface area contributed by atoms with Crippen LogP contribution in [0.3, 0.4) is 0 Å². The van der Waals surface area contributed by atoms with E-state index in [0.717, 1.165) is 21.8 Å². The van der Waals surface area contributed by atoms with Gasteiger partial charge in [-0.2, -0.15) is 0 Å². The topological polar surface area (TPSA) is 68.5 Å². The van der Waals surface area contributed by atoms with Crippen LogP contribution in [-0.4, -0.2) is 64.1 Å². The third kappa shape index (κ3) is 4.17. The smallest absolute Gasteiger partial charge is 0.261 e. The first kappa shape index (κ1) is 24.2. The Labute approximate surface area is 223 Å². The Bertz CT molecular complexity index is 1670. The largest absolute Gasteiger partial charge is 0.375 e. The highest BCUT2D eigenvalue weighted by Gasteiger charge is 2.39. The molecule has 9 heteroatoms. The zero-order valence-electron chi connectivity index (χ0n) is 21.3. The number of alkyl halides is 2. The molecule has 3 aliphatic rings. The molecule has 39 heavy (non-hydrogen) atoms. The molecular weight excluding hydrogens is 502 g/mol. The summed E-state index contributed by atoms with van der Waals surface area (Å²) in [7, 11) is 0. The van der Waals surface area contributed by atoms with Crippen LogP contribution in [0.5, 0.6) is 0 Å². The van der Waals surface area contributed by atoms with Gasteiger partial charge in [0.15, 0.2) is 0 Å². The zero-order chi connectivity index (χ0) is 26.7. The van der Waals surface area contributed by atoms with Gasteiger partial charge in [0.2, 0.25) is 0 Å². The van der Waals surface area contributed by atoms with E-state index in [9.17, 15) is 18.4 Å². The maximum Gasteiger partial charge on any atom is 0.261 e. The van der Waals surface area contributed by atoms with E-state index in [1.165, 1.54) is 0 Å². The molecule has 0 spiro atoms. The lowest BCUT2D eigenvalue weighted by Crippen LogP contribution is -2.35. The molecule has 3 aliphatic heterocycles. The number of nitrogens with zero attached hydrogens (tertiary/aromatic N) is 3. The van der Waals surface area contributed by atoms with E-state index < -0.39 is 17.7 Å². The average molecular weight is 531 g/mol. The highest BCUT2D eigenvalue weighted by molar-refractivity contribution is 6.50. The molecule has 7 rings (SSSR count). The molecule has 1 saturated heterocycles. The summed E-state index contributed by atoms with van der Waals surface area (Å²) >= 11 is 0. The molecule has 0 aliphatic carbocycles. The molecule has 1 atom stereocenters. The molecule has 0 saturated carbocycles. The summed E-state index contributed by atoms with van der Waals surface area (Å²) in [5.41, 5.74) is 4.03. The van der Waals surface area contributed by atoms with Gasteiger partial charge in [-0.1, -0.05) is 36.4 Å². The van der Waals surface area contributed by atoms with Crippen LogP contribution in [0.15, 0.2) is 60.9 Å². The van der Waals surface area contributed by atoms with E-state index in [0.29, 0.717) is 61.5 Å². The number of benzene rings is 2. The van der Waals surface area contributed by atoms with Crippen LogP contribution in [0.2, 0.25) is 0 Å². The standard InChI is InChI=1S/C30H28F2N4O3/c31-30(32)10-12-34(18-30)15-19-9-11-35-16-22(20-5-1-3-7-24(20)35)26-27(29(38)33-28(26)37)23-17-36(13-14-39-19)25-8-4-2-6-21(23)25/h1-8,16-17,19H,9-15,18H2,(H,33,37,38)/t19-/m0/s1. The van der Waals surface area contributed by atoms with Crippen LogP contribution in [0.1, 0.15) is 24.0 Å². The van der Waals surface area contributed by atoms with Crippen molar-refractivity contribution in [3.63, 3.8) is 0 Å². The number of hydrogen-bond acceptors (Lipinski definition) is 4. The maximum atomic E-state index is 13.9. The van der Waals surface area contributed by atoms with Crippen LogP contribution >= 0.6 is 0 Å². The Kier molecular flexibility index (Phi) is 5.68. The molecule has 0 unspecified atom stereocenters. The first-order valence-corrected chi connectivity index (χ1v) is 13.4. The van der Waals surface area contributed by atoms with E-state index >= 15 is 0 Å². The Balaban J connectivity index is 1.38. The van der Waals surface area contributed by atoms with Gasteiger partial charge in [-0.15, -0.1) is 0 Å². The Morgan fingerprint density at radius 2 is 1.44 bits per heavy atom. The Morgan fingerprint density at radius 3 is 2.03 bits per heavy atom. The summed E-state index contributed by atoms with van der Waals surface area (Å²) in [6.45, 7) is 2.05. The average Bonchev–Trinajstić information content (AvgIpc) is 3.64. The first-order valence-electron chi connectivity index (χ1n) is 13.4. The number of ether oxygens (including phenoxy) is 1. The van der Waals surface area contributed by atoms with E-state index in [2.05, 4.69) is 9.88 Å². The fourth-order valence-corrected chi connectivity index (χ4v) is 6.31. The zero-order valence-corrected chi connectivity index (χ0v) is 21.3. The number of aryl methyl sites for hydroxylation is 1. The quantitative estimate of drug-likeness (QED) is 0.393. The summed E-state index contributed by atoms with van der Waals surface area (Å²) in [6.07, 6.45) is 4.11. The van der Waals surface area contributed by atoms with Crippen molar-refractivity contribution in [3.05, 3.63) is 72.1 Å². The number of nitrogens with one attached hydrogen (secondary N) is 1. The summed E-state index contributed by atoms with van der Waals surface area (Å²) in [4.78, 5) is 28.3. The molecule has 2 aromatic carbocycles. The number of carbonyl (C=O) groups excluding carboxylic acids is 2. The minimum atomic E-state index is -2.65. The van der Waals surface area contributed by atoms with Gasteiger partial charge in [0, 0.05) is 77.9 Å². The fourth-order valence-electron chi connectivity index (χ4n) is 6.31. The number of rotatable bonds is 2. The third-order valence-electron chi connectivity index (χ3n) is 8.14. The number of aromatic nitrogens is 2. The van der Waals surface area contributed by atoms with Crippen molar-refractivity contribution in [2.75, 3.05) is 26.2 Å². The monoisotopic (exact) mass is 530 g/mol. The predicted molar refractivity (Wildman–Crippen MR) is 144 cm³/mol. The van der Waals surface area contributed by atoms with Gasteiger partial charge in [-0.05, 0) is 18.6 Å². The molecule has 0 radical (unpaired) electrons. The van der Waals surface area contributed by atoms with Crippen molar-refractivity contribution in [1.29, 1.82) is 0 Å². The second kappa shape index (κ2) is 9.14. The molecule has 1 fully saturated rings. The predicted octanol–water partition coefficient (Wildman–Crippen LogP) is 4.29. The number of imide groups is 1. The van der Waals surface area contributed by atoms with Crippen molar-refractivity contribution in [1.82, 2.24) is 19.4 Å². The number of fused-ring (bicyclic) bond motifs is 12. The van der Waals surface area contributed by atoms with Crippen molar-refractivity contribution >= 4 is 44.8 Å². The Hall–Kier alpha value is -3.82. The third-order valence-corrected chi connectivity index (χ3v) is 8.14. The first-order chi connectivity index (χ1) is 18.9. The van der Waals surface area contributed by atoms with Crippen LogP contribution in [-0.2, 0) is 27.4 Å². The lowest BCUT2D eigenvalue weighted by Gasteiger charge is -2.24. The van der Waals surface area contributed by atoms with Gasteiger partial charge in [-0.25, -0.2) is 8.78 Å². The van der Waals surface area contributed by atoms with Crippen LogP contribution in [0, 0.1) is 0 Å². The van der Waals surface area contributed by atoms with Gasteiger partial charge in [0.05, 0.1) is 30.4 Å². The Morgan fingerprint density at radius 1 is 0.846 bits per heavy atom. The van der Waals surface area contributed by atoms with E-state index in [1.54, 1.807) is 4.90 Å². The molecule has 1 N–H and O–H groups in total. The summed E-state index contributed by atoms with van der Waals surface area (Å²) in [6, 6.07) is 15.6. The maximum absolute atomic E-state index is 13.9. The molecule has 2 amide bonds. The lowest BCUT2D eigenvalue weighted by atomic mass is 9.95. The van der Waals surface area contributed by atoms with Crippen molar-refractivity contribution in [3.8, 4) is 0 Å². The van der Waals surface area contributed by atoms with Gasteiger partial charge in [0.25, 0.3) is 17.7 Å². The number of halogens is 2. The highest BCUT2D eigenvalue weighted by Crippen LogP contribution is 2.39. The van der Waals surface area contributed by atoms with E-state index in [4.69, 9.17) is 4.74 Å². The molecule has 5 heterocycles. The SMILES string of the molecule is O=C1NC(=O)C2=C1c1cn(c3ccccc13)CCO[C@H](CN1CCC(F)(F)C1)CCn1cc2c2ccccc21. The molecular formula is C30H28F2N4O3. The molecule has 4 aromatic rings. The van der Waals surface area contributed by atoms with Gasteiger partial charge in [-0.3, -0.25) is 19.8 Å². The highest BCUT2D eigenvalue weighted by atomic mass is 19.3. The normalized spacial score (nSPS) is 21.9. The van der Waals surface area contributed by atoms with Crippen molar-refractivity contribution < 1.29 is 23.1 Å². The molecule has 4 bridgehead atoms. The van der Waals surface area contributed by atoms with Crippen LogP contribution in [0.4, 0.5) is 8.78 Å². The summed E-state index contributed by atoms with van der Waals surface area (Å²) in [5.74, 6) is -3.46. The second-order valence-electron chi connectivity index (χ2n) is 10.7. The van der Waals surface area contributed by atoms with E-state index in [-0.39, 0.29) is 19.1 Å². The second-order valence-corrected chi connectivity index (χ2v) is 10.7. The number of carbonyl (C=O) groups is 2. The number of likely N-dealkylation sites (tertiary alicyclic amines) is 1. The fraction of sp³-hybridized carbons (Fsp3) is 0.333. The summed E-state index contributed by atoms with van der Waals surface area (Å²) in [5, 5.41) is 4.29. The molecule has 2 aromatic heterocycles. The van der Waals surface area contributed by atoms with Gasteiger partial charge in [0.1, 0.15) is 0 Å². The number of para-hydroxylation sites is 2. The van der Waals surface area contributed by atoms with Crippen LogP contribution in [0.25, 0.3) is 33.0 Å². The lowest BCUT2D eigenvalue weighted by molar-refractivity contribution is -0.122. The minimum Gasteiger partial charge on any atom is -0.375 e. The van der Waals surface area contributed by atoms with Crippen molar-refractivity contribution in [2.24, 2.45) is 0 Å². The number of hydrogen-bond donors (Lipinski definition) is 1.